The van der Waals surface area contributed by atoms with E-state index in [2.05, 4.69) is 5.32 Å². The van der Waals surface area contributed by atoms with Crippen LogP contribution in [0, 0.1) is 11.8 Å². The molecule has 2 rings (SSSR count). The number of carbonyl (C=O) groups is 2. The van der Waals surface area contributed by atoms with Crippen molar-refractivity contribution in [3.63, 3.8) is 0 Å². The number of methoxy groups -OCH3 is 1. The first-order valence-corrected chi connectivity index (χ1v) is 7.20. The molecule has 5 heteroatoms. The summed E-state index contributed by atoms with van der Waals surface area (Å²) in [5, 5.41) is 12.1. The van der Waals surface area contributed by atoms with E-state index in [1.54, 1.807) is 7.11 Å². The molecule has 2 N–H and O–H groups in total. The molecule has 1 aliphatic rings. The Balaban J connectivity index is 1.99. The molecule has 114 valence electrons. The zero-order valence-corrected chi connectivity index (χ0v) is 12.3. The fourth-order valence-corrected chi connectivity index (χ4v) is 2.87. The van der Waals surface area contributed by atoms with E-state index in [0.717, 1.165) is 17.7 Å². The summed E-state index contributed by atoms with van der Waals surface area (Å²) in [6.45, 7) is 1.89. The van der Waals surface area contributed by atoms with Gasteiger partial charge in [0, 0.05) is 0 Å². The summed E-state index contributed by atoms with van der Waals surface area (Å²) >= 11 is 0. The first-order valence-electron chi connectivity index (χ1n) is 7.20. The largest absolute Gasteiger partial charge is 0.497 e. The molecule has 0 saturated heterocycles. The minimum Gasteiger partial charge on any atom is -0.497 e. The Labute approximate surface area is 124 Å². The van der Waals surface area contributed by atoms with Crippen molar-refractivity contribution in [3.8, 4) is 5.75 Å². The van der Waals surface area contributed by atoms with Crippen molar-refractivity contribution in [2.24, 2.45) is 11.8 Å². The number of hydrogen-bond acceptors (Lipinski definition) is 3. The van der Waals surface area contributed by atoms with Crippen LogP contribution in [0.15, 0.2) is 24.3 Å². The Hall–Kier alpha value is -2.04. The predicted octanol–water partition coefficient (Wildman–Crippen LogP) is 2.37. The SMILES string of the molecule is COc1ccc([C@@H](C)NC(=O)C2CCCC2C(=O)O)cc1. The smallest absolute Gasteiger partial charge is 0.307 e. The lowest BCUT2D eigenvalue weighted by molar-refractivity contribution is -0.146. The lowest BCUT2D eigenvalue weighted by atomic mass is 9.94. The van der Waals surface area contributed by atoms with Gasteiger partial charge in [0.05, 0.1) is 25.0 Å². The number of amides is 1. The molecule has 1 aliphatic carbocycles. The van der Waals surface area contributed by atoms with Crippen LogP contribution >= 0.6 is 0 Å². The average molecular weight is 291 g/mol. The van der Waals surface area contributed by atoms with Crippen molar-refractivity contribution in [1.82, 2.24) is 5.32 Å². The molecule has 1 aromatic rings. The van der Waals surface area contributed by atoms with Crippen molar-refractivity contribution < 1.29 is 19.4 Å². The third kappa shape index (κ3) is 3.54. The van der Waals surface area contributed by atoms with Gasteiger partial charge < -0.3 is 15.2 Å². The van der Waals surface area contributed by atoms with E-state index in [-0.39, 0.29) is 11.9 Å². The van der Waals surface area contributed by atoms with Gasteiger partial charge in [-0.1, -0.05) is 18.6 Å². The standard InChI is InChI=1S/C16H21NO4/c1-10(11-6-8-12(21-2)9-7-11)17-15(18)13-4-3-5-14(13)16(19)20/h6-10,13-14H,3-5H2,1-2H3,(H,17,18)(H,19,20)/t10-,13?,14?/m1/s1. The summed E-state index contributed by atoms with van der Waals surface area (Å²) in [5.74, 6) is -1.23. The molecular weight excluding hydrogens is 270 g/mol. The highest BCUT2D eigenvalue weighted by Gasteiger charge is 2.38. The highest BCUT2D eigenvalue weighted by Crippen LogP contribution is 2.32. The molecule has 0 bridgehead atoms. The molecule has 0 aliphatic heterocycles. The highest BCUT2D eigenvalue weighted by atomic mass is 16.5. The first-order chi connectivity index (χ1) is 10.0. The normalized spacial score (nSPS) is 22.6. The van der Waals surface area contributed by atoms with Crippen LogP contribution in [0.3, 0.4) is 0 Å². The Kier molecular flexibility index (Phi) is 4.83. The number of hydrogen-bond donors (Lipinski definition) is 2. The van der Waals surface area contributed by atoms with Crippen LogP contribution in [0.5, 0.6) is 5.75 Å². The van der Waals surface area contributed by atoms with E-state index >= 15 is 0 Å². The molecule has 1 aromatic carbocycles. The van der Waals surface area contributed by atoms with Crippen LogP contribution in [-0.2, 0) is 9.59 Å². The summed E-state index contributed by atoms with van der Waals surface area (Å²) in [5.41, 5.74) is 0.967. The maximum absolute atomic E-state index is 12.3. The minimum absolute atomic E-state index is 0.154. The Bertz CT molecular complexity index is 512. The monoisotopic (exact) mass is 291 g/mol. The molecule has 2 unspecified atom stereocenters. The topological polar surface area (TPSA) is 75.6 Å². The second-order valence-corrected chi connectivity index (χ2v) is 5.49. The van der Waals surface area contributed by atoms with Crippen molar-refractivity contribution in [3.05, 3.63) is 29.8 Å². The fourth-order valence-electron chi connectivity index (χ4n) is 2.87. The third-order valence-electron chi connectivity index (χ3n) is 4.14. The van der Waals surface area contributed by atoms with Gasteiger partial charge in [0.1, 0.15) is 5.75 Å². The lowest BCUT2D eigenvalue weighted by Gasteiger charge is -2.20. The number of carbonyl (C=O) groups excluding carboxylic acids is 1. The van der Waals surface area contributed by atoms with Crippen molar-refractivity contribution in [2.45, 2.75) is 32.2 Å². The molecule has 0 radical (unpaired) electrons. The van der Waals surface area contributed by atoms with Gasteiger partial charge in [-0.05, 0) is 37.5 Å². The van der Waals surface area contributed by atoms with Gasteiger partial charge in [-0.15, -0.1) is 0 Å². The van der Waals surface area contributed by atoms with Gasteiger partial charge in [-0.3, -0.25) is 9.59 Å². The van der Waals surface area contributed by atoms with Gasteiger partial charge in [0.15, 0.2) is 0 Å². The minimum atomic E-state index is -0.871. The van der Waals surface area contributed by atoms with E-state index < -0.39 is 17.8 Å². The number of carboxylic acids is 1. The van der Waals surface area contributed by atoms with Crippen LogP contribution in [0.25, 0.3) is 0 Å². The van der Waals surface area contributed by atoms with E-state index in [1.165, 1.54) is 0 Å². The second kappa shape index (κ2) is 6.61. The van der Waals surface area contributed by atoms with E-state index in [4.69, 9.17) is 9.84 Å². The summed E-state index contributed by atoms with van der Waals surface area (Å²) in [6, 6.07) is 7.32. The van der Waals surface area contributed by atoms with Gasteiger partial charge in [0.25, 0.3) is 0 Å². The molecule has 0 spiro atoms. The predicted molar refractivity (Wildman–Crippen MR) is 78.0 cm³/mol. The summed E-state index contributed by atoms with van der Waals surface area (Å²) in [6.07, 6.45) is 2.04. The summed E-state index contributed by atoms with van der Waals surface area (Å²) in [7, 11) is 1.60. The number of ether oxygens (including phenoxy) is 1. The van der Waals surface area contributed by atoms with Crippen molar-refractivity contribution in [1.29, 1.82) is 0 Å². The third-order valence-corrected chi connectivity index (χ3v) is 4.14. The molecule has 21 heavy (non-hydrogen) atoms. The Morgan fingerprint density at radius 2 is 1.86 bits per heavy atom. The number of benzene rings is 1. The number of carboxylic acid groups (broad SMARTS) is 1. The quantitative estimate of drug-likeness (QED) is 0.873. The van der Waals surface area contributed by atoms with Crippen molar-refractivity contribution >= 4 is 11.9 Å². The summed E-state index contributed by atoms with van der Waals surface area (Å²) in [4.78, 5) is 23.4. The number of aliphatic carboxylic acids is 1. The fraction of sp³-hybridized carbons (Fsp3) is 0.500. The molecule has 1 saturated carbocycles. The maximum atomic E-state index is 12.3. The lowest BCUT2D eigenvalue weighted by Crippen LogP contribution is -2.36. The molecule has 1 fully saturated rings. The molecule has 3 atom stereocenters. The number of nitrogens with one attached hydrogen (secondary N) is 1. The van der Waals surface area contributed by atoms with Gasteiger partial charge in [0.2, 0.25) is 5.91 Å². The Morgan fingerprint density at radius 1 is 1.24 bits per heavy atom. The van der Waals surface area contributed by atoms with Crippen LogP contribution in [0.1, 0.15) is 37.8 Å². The van der Waals surface area contributed by atoms with Crippen LogP contribution in [0.4, 0.5) is 0 Å². The molecule has 1 amide bonds. The highest BCUT2D eigenvalue weighted by molar-refractivity contribution is 5.85. The molecular formula is C16H21NO4. The van der Waals surface area contributed by atoms with Crippen LogP contribution in [0.2, 0.25) is 0 Å². The van der Waals surface area contributed by atoms with E-state index in [9.17, 15) is 9.59 Å². The van der Waals surface area contributed by atoms with Crippen LogP contribution in [-0.4, -0.2) is 24.1 Å². The first kappa shape index (κ1) is 15.4. The second-order valence-electron chi connectivity index (χ2n) is 5.49. The van der Waals surface area contributed by atoms with E-state index in [0.29, 0.717) is 12.8 Å². The maximum Gasteiger partial charge on any atom is 0.307 e. The Morgan fingerprint density at radius 3 is 2.43 bits per heavy atom. The molecule has 0 aromatic heterocycles. The van der Waals surface area contributed by atoms with Crippen LogP contribution < -0.4 is 10.1 Å². The zero-order chi connectivity index (χ0) is 15.4. The molecule has 5 nitrogen and oxygen atoms in total. The van der Waals surface area contributed by atoms with Gasteiger partial charge >= 0.3 is 5.97 Å². The number of rotatable bonds is 5. The van der Waals surface area contributed by atoms with E-state index in [1.807, 2.05) is 31.2 Å². The average Bonchev–Trinajstić information content (AvgIpc) is 2.97. The molecule has 0 heterocycles. The summed E-state index contributed by atoms with van der Waals surface area (Å²) < 4.78 is 5.10. The van der Waals surface area contributed by atoms with Crippen molar-refractivity contribution in [2.75, 3.05) is 7.11 Å². The zero-order valence-electron chi connectivity index (χ0n) is 12.3. The van der Waals surface area contributed by atoms with Gasteiger partial charge in [-0.25, -0.2) is 0 Å². The van der Waals surface area contributed by atoms with Gasteiger partial charge in [-0.2, -0.15) is 0 Å².